The van der Waals surface area contributed by atoms with Gasteiger partial charge in [0, 0.05) is 16.3 Å². The maximum atomic E-state index is 13.0. The Hall–Kier alpha value is -3.27. The quantitative estimate of drug-likeness (QED) is 0.772. The lowest BCUT2D eigenvalue weighted by molar-refractivity contribution is 0.0958. The Balaban J connectivity index is 2.15. The lowest BCUT2D eigenvalue weighted by Gasteiger charge is -2.21. The fourth-order valence-corrected chi connectivity index (χ4v) is 3.36. The molecule has 0 aromatic heterocycles. The zero-order valence-corrected chi connectivity index (χ0v) is 13.9. The summed E-state index contributed by atoms with van der Waals surface area (Å²) < 4.78 is 10.6. The van der Waals surface area contributed by atoms with Gasteiger partial charge in [-0.25, -0.2) is 0 Å². The summed E-state index contributed by atoms with van der Waals surface area (Å²) in [6.07, 6.45) is 1.69. The zero-order valence-electron chi connectivity index (χ0n) is 13.9. The molecule has 0 bridgehead atoms. The summed E-state index contributed by atoms with van der Waals surface area (Å²) in [6.45, 7) is 0. The van der Waals surface area contributed by atoms with Crippen LogP contribution in [-0.2, 0) is 4.74 Å². The first kappa shape index (κ1) is 15.3. The molecule has 0 saturated heterocycles. The minimum Gasteiger partial charge on any atom is -0.504 e. The van der Waals surface area contributed by atoms with Crippen LogP contribution in [-0.4, -0.2) is 25.1 Å². The van der Waals surface area contributed by atoms with Gasteiger partial charge in [-0.1, -0.05) is 36.4 Å². The third-order valence-electron chi connectivity index (χ3n) is 4.53. The number of aromatic hydroxyl groups is 1. The van der Waals surface area contributed by atoms with Crippen LogP contribution < -0.4 is 4.74 Å². The minimum absolute atomic E-state index is 0.0316. The summed E-state index contributed by atoms with van der Waals surface area (Å²) in [6, 6.07) is 15.1. The van der Waals surface area contributed by atoms with Crippen molar-refractivity contribution in [2.75, 3.05) is 14.2 Å². The van der Waals surface area contributed by atoms with E-state index in [2.05, 4.69) is 0 Å². The highest BCUT2D eigenvalue weighted by atomic mass is 16.5. The van der Waals surface area contributed by atoms with Crippen molar-refractivity contribution >= 4 is 22.6 Å². The number of hydrogen-bond acceptors (Lipinski definition) is 4. The lowest BCUT2D eigenvalue weighted by atomic mass is 9.85. The molecule has 0 atom stereocenters. The van der Waals surface area contributed by atoms with E-state index in [1.165, 1.54) is 14.2 Å². The molecule has 4 nitrogen and oxygen atoms in total. The van der Waals surface area contributed by atoms with Crippen molar-refractivity contribution in [3.8, 4) is 22.6 Å². The average molecular weight is 332 g/mol. The first-order chi connectivity index (χ1) is 12.2. The SMILES string of the molecule is COC1=Cc2cc(OC)c(O)c3ccc(-c4ccccc4)c(c23)C1=O. The molecule has 3 aromatic rings. The van der Waals surface area contributed by atoms with Crippen molar-refractivity contribution < 1.29 is 19.4 Å². The molecular formula is C21H16O4. The van der Waals surface area contributed by atoms with Crippen LogP contribution >= 0.6 is 0 Å². The van der Waals surface area contributed by atoms with E-state index in [-0.39, 0.29) is 17.3 Å². The van der Waals surface area contributed by atoms with Crippen molar-refractivity contribution in [2.24, 2.45) is 0 Å². The summed E-state index contributed by atoms with van der Waals surface area (Å²) in [5, 5.41) is 11.8. The number of rotatable bonds is 3. The van der Waals surface area contributed by atoms with Gasteiger partial charge in [-0.2, -0.15) is 0 Å². The Morgan fingerprint density at radius 2 is 1.72 bits per heavy atom. The molecule has 0 aliphatic heterocycles. The maximum Gasteiger partial charge on any atom is 0.228 e. The Morgan fingerprint density at radius 1 is 0.960 bits per heavy atom. The predicted molar refractivity (Wildman–Crippen MR) is 96.9 cm³/mol. The van der Waals surface area contributed by atoms with Crippen molar-refractivity contribution in [1.82, 2.24) is 0 Å². The van der Waals surface area contributed by atoms with E-state index in [9.17, 15) is 9.90 Å². The highest BCUT2D eigenvalue weighted by molar-refractivity contribution is 6.26. The van der Waals surface area contributed by atoms with Gasteiger partial charge >= 0.3 is 0 Å². The standard InChI is InChI=1S/C21H16O4/c1-24-16-10-13-11-17(25-2)21(23)19-14(12-6-4-3-5-7-12)8-9-15(18(13)19)20(16)22/h3-11,22H,1-2H3. The van der Waals surface area contributed by atoms with Crippen molar-refractivity contribution in [3.63, 3.8) is 0 Å². The molecule has 1 N–H and O–H groups in total. The van der Waals surface area contributed by atoms with Gasteiger partial charge in [0.15, 0.2) is 17.3 Å². The van der Waals surface area contributed by atoms with E-state index in [4.69, 9.17) is 9.47 Å². The Bertz CT molecular complexity index is 1030. The summed E-state index contributed by atoms with van der Waals surface area (Å²) in [7, 11) is 2.98. The summed E-state index contributed by atoms with van der Waals surface area (Å²) in [4.78, 5) is 13.0. The van der Waals surface area contributed by atoms with Crippen LogP contribution in [0.15, 0.2) is 54.3 Å². The van der Waals surface area contributed by atoms with E-state index in [1.54, 1.807) is 12.1 Å². The Labute approximate surface area is 144 Å². The third kappa shape index (κ3) is 2.18. The van der Waals surface area contributed by atoms with Gasteiger partial charge in [-0.15, -0.1) is 0 Å². The number of phenolic OH excluding ortho intramolecular Hbond substituents is 1. The van der Waals surface area contributed by atoms with Crippen LogP contribution in [0, 0.1) is 0 Å². The largest absolute Gasteiger partial charge is 0.504 e. The smallest absolute Gasteiger partial charge is 0.228 e. The van der Waals surface area contributed by atoms with Crippen LogP contribution in [0.25, 0.3) is 28.0 Å². The normalized spacial score (nSPS) is 12.9. The molecule has 0 unspecified atom stereocenters. The zero-order chi connectivity index (χ0) is 17.6. The Morgan fingerprint density at radius 3 is 2.40 bits per heavy atom. The highest BCUT2D eigenvalue weighted by Crippen LogP contribution is 2.44. The van der Waals surface area contributed by atoms with Gasteiger partial charge in [0.2, 0.25) is 5.78 Å². The van der Waals surface area contributed by atoms with E-state index in [0.29, 0.717) is 22.1 Å². The molecular weight excluding hydrogens is 316 g/mol. The molecule has 4 heteroatoms. The van der Waals surface area contributed by atoms with Gasteiger partial charge < -0.3 is 14.6 Å². The molecule has 0 heterocycles. The van der Waals surface area contributed by atoms with Gasteiger partial charge in [0.1, 0.15) is 0 Å². The van der Waals surface area contributed by atoms with Gasteiger partial charge in [0.05, 0.1) is 14.2 Å². The second-order valence-corrected chi connectivity index (χ2v) is 5.84. The van der Waals surface area contributed by atoms with Crippen molar-refractivity contribution in [1.29, 1.82) is 0 Å². The molecule has 0 spiro atoms. The van der Waals surface area contributed by atoms with Gasteiger partial charge in [-0.05, 0) is 34.9 Å². The number of hydrogen-bond donors (Lipinski definition) is 1. The van der Waals surface area contributed by atoms with Crippen LogP contribution in [0.2, 0.25) is 0 Å². The van der Waals surface area contributed by atoms with Gasteiger partial charge in [0.25, 0.3) is 0 Å². The van der Waals surface area contributed by atoms with Crippen LogP contribution in [0.3, 0.4) is 0 Å². The van der Waals surface area contributed by atoms with Crippen molar-refractivity contribution in [2.45, 2.75) is 0 Å². The lowest BCUT2D eigenvalue weighted by Crippen LogP contribution is -2.12. The molecule has 0 radical (unpaired) electrons. The number of benzene rings is 3. The van der Waals surface area contributed by atoms with E-state index in [0.717, 1.165) is 16.7 Å². The molecule has 1 aliphatic carbocycles. The number of methoxy groups -OCH3 is 2. The maximum absolute atomic E-state index is 13.0. The molecule has 0 saturated carbocycles. The fourth-order valence-electron chi connectivity index (χ4n) is 3.36. The number of ether oxygens (including phenoxy) is 2. The summed E-state index contributed by atoms with van der Waals surface area (Å²) in [5.41, 5.74) is 3.07. The fraction of sp³-hybridized carbons (Fsp3) is 0.0952. The molecule has 4 rings (SSSR count). The Kier molecular flexibility index (Phi) is 3.46. The number of phenols is 1. The van der Waals surface area contributed by atoms with Gasteiger partial charge in [-0.3, -0.25) is 4.79 Å². The molecule has 0 amide bonds. The van der Waals surface area contributed by atoms with Crippen molar-refractivity contribution in [3.05, 3.63) is 65.4 Å². The number of Topliss-reactive ketones (excluding diaryl/α,β-unsaturated/α-hetero) is 1. The number of ketones is 1. The first-order valence-corrected chi connectivity index (χ1v) is 7.88. The second-order valence-electron chi connectivity index (χ2n) is 5.84. The van der Waals surface area contributed by atoms with E-state index < -0.39 is 0 Å². The molecule has 0 fully saturated rings. The van der Waals surface area contributed by atoms with E-state index in [1.807, 2.05) is 42.5 Å². The number of carbonyl (C=O) groups excluding carboxylic acids is 1. The van der Waals surface area contributed by atoms with E-state index >= 15 is 0 Å². The second kappa shape index (κ2) is 5.67. The topological polar surface area (TPSA) is 55.8 Å². The molecule has 25 heavy (non-hydrogen) atoms. The summed E-state index contributed by atoms with van der Waals surface area (Å²) in [5.74, 6) is 0.472. The minimum atomic E-state index is -0.191. The monoisotopic (exact) mass is 332 g/mol. The van der Waals surface area contributed by atoms with Crippen LogP contribution in [0.5, 0.6) is 11.5 Å². The molecule has 1 aliphatic rings. The molecule has 3 aromatic carbocycles. The third-order valence-corrected chi connectivity index (χ3v) is 4.53. The average Bonchev–Trinajstić information content (AvgIpc) is 2.66. The summed E-state index contributed by atoms with van der Waals surface area (Å²) >= 11 is 0. The van der Waals surface area contributed by atoms with Crippen LogP contribution in [0.4, 0.5) is 0 Å². The number of allylic oxidation sites excluding steroid dienone is 1. The predicted octanol–water partition coefficient (Wildman–Crippen LogP) is 4.40. The number of carbonyl (C=O) groups is 1. The molecule has 124 valence electrons. The first-order valence-electron chi connectivity index (χ1n) is 7.88. The highest BCUT2D eigenvalue weighted by Gasteiger charge is 2.28. The van der Waals surface area contributed by atoms with Crippen LogP contribution in [0.1, 0.15) is 15.9 Å².